The van der Waals surface area contributed by atoms with Gasteiger partial charge in [0.1, 0.15) is 0 Å². The number of carbonyl (C=O) groups is 1. The first-order chi connectivity index (χ1) is 9.52. The molecule has 0 spiro atoms. The molecule has 1 heterocycles. The molecular weight excluding hydrogens is 301 g/mol. The van der Waals surface area contributed by atoms with Gasteiger partial charge >= 0.3 is 0 Å². The minimum absolute atomic E-state index is 0.173. The molecule has 106 valence electrons. The van der Waals surface area contributed by atoms with Gasteiger partial charge in [-0.25, -0.2) is 0 Å². The Morgan fingerprint density at radius 1 is 1.45 bits per heavy atom. The highest BCUT2D eigenvalue weighted by Gasteiger charge is 2.15. The van der Waals surface area contributed by atoms with Crippen LogP contribution in [-0.4, -0.2) is 27.4 Å². The number of rotatable bonds is 4. The molecule has 1 amide bonds. The fraction of sp³-hybridized carbons (Fsp3) is 0.250. The van der Waals surface area contributed by atoms with E-state index in [2.05, 4.69) is 15.6 Å². The van der Waals surface area contributed by atoms with E-state index in [0.717, 1.165) is 5.56 Å². The summed E-state index contributed by atoms with van der Waals surface area (Å²) in [5, 5.41) is 11.0. The number of nitrogens with one attached hydrogen (secondary N) is 1. The van der Waals surface area contributed by atoms with E-state index in [4.69, 9.17) is 28.9 Å². The zero-order valence-electron chi connectivity index (χ0n) is 10.7. The molecule has 1 aromatic carbocycles. The third-order valence-electron chi connectivity index (χ3n) is 2.65. The highest BCUT2D eigenvalue weighted by atomic mass is 35.5. The number of anilines is 1. The number of aryl methyl sites for hydroxylation is 1. The number of nitrogens with zero attached hydrogens (tertiary/aromatic N) is 3. The van der Waals surface area contributed by atoms with Gasteiger partial charge in [0, 0.05) is 6.54 Å². The van der Waals surface area contributed by atoms with Gasteiger partial charge in [-0.15, -0.1) is 5.10 Å². The molecule has 2 rings (SSSR count). The Kier molecular flexibility index (Phi) is 4.59. The summed E-state index contributed by atoms with van der Waals surface area (Å²) < 4.78 is 1.49. The molecule has 0 aliphatic carbocycles. The Bertz CT molecular complexity index is 641. The number of nitrogens with two attached hydrogens (primary N) is 1. The van der Waals surface area contributed by atoms with Crippen LogP contribution in [0.1, 0.15) is 16.1 Å². The molecule has 2 aromatic rings. The molecule has 0 bridgehead atoms. The van der Waals surface area contributed by atoms with Gasteiger partial charge < -0.3 is 11.1 Å². The summed E-state index contributed by atoms with van der Waals surface area (Å²) in [6, 6.07) is 3.45. The van der Waals surface area contributed by atoms with Crippen molar-refractivity contribution in [2.75, 3.05) is 11.9 Å². The first-order valence-electron chi connectivity index (χ1n) is 5.89. The van der Waals surface area contributed by atoms with Crippen LogP contribution in [0.25, 0.3) is 0 Å². The fourth-order valence-corrected chi connectivity index (χ4v) is 2.06. The largest absolute Gasteiger partial charge is 0.329 e. The molecule has 0 radical (unpaired) electrons. The molecule has 1 aromatic heterocycles. The lowest BCUT2D eigenvalue weighted by Crippen LogP contribution is -2.13. The molecule has 0 aliphatic rings. The van der Waals surface area contributed by atoms with Gasteiger partial charge in [-0.1, -0.05) is 34.5 Å². The lowest BCUT2D eigenvalue weighted by Gasteiger charge is -2.09. The van der Waals surface area contributed by atoms with Crippen molar-refractivity contribution in [3.8, 4) is 0 Å². The Balaban J connectivity index is 2.21. The van der Waals surface area contributed by atoms with Crippen molar-refractivity contribution in [3.63, 3.8) is 0 Å². The maximum Gasteiger partial charge on any atom is 0.277 e. The number of amides is 1. The maximum absolute atomic E-state index is 12.1. The first kappa shape index (κ1) is 14.8. The number of hydrogen-bond donors (Lipinski definition) is 2. The van der Waals surface area contributed by atoms with Crippen molar-refractivity contribution in [3.05, 3.63) is 39.6 Å². The number of aromatic nitrogens is 3. The van der Waals surface area contributed by atoms with E-state index in [1.165, 1.54) is 10.9 Å². The third-order valence-corrected chi connectivity index (χ3v) is 3.45. The SMILES string of the molecule is Cc1ccc(Cl)c(NC(=O)c2cn(CCN)nn2)c1Cl. The van der Waals surface area contributed by atoms with E-state index < -0.39 is 5.91 Å². The number of halogens is 2. The summed E-state index contributed by atoms with van der Waals surface area (Å²) in [4.78, 5) is 12.1. The summed E-state index contributed by atoms with van der Waals surface area (Å²) in [7, 11) is 0. The monoisotopic (exact) mass is 313 g/mol. The molecule has 6 nitrogen and oxygen atoms in total. The zero-order valence-corrected chi connectivity index (χ0v) is 12.2. The summed E-state index contributed by atoms with van der Waals surface area (Å²) >= 11 is 12.2. The Morgan fingerprint density at radius 3 is 2.90 bits per heavy atom. The zero-order chi connectivity index (χ0) is 14.7. The number of hydrogen-bond acceptors (Lipinski definition) is 4. The van der Waals surface area contributed by atoms with Crippen LogP contribution in [0.5, 0.6) is 0 Å². The first-order valence-corrected chi connectivity index (χ1v) is 6.64. The second-order valence-corrected chi connectivity index (χ2v) is 4.95. The summed E-state index contributed by atoms with van der Waals surface area (Å²) in [6.45, 7) is 2.73. The van der Waals surface area contributed by atoms with Crippen LogP contribution in [-0.2, 0) is 6.54 Å². The molecule has 0 unspecified atom stereocenters. The van der Waals surface area contributed by atoms with Crippen LogP contribution < -0.4 is 11.1 Å². The smallest absolute Gasteiger partial charge is 0.277 e. The van der Waals surface area contributed by atoms with E-state index in [-0.39, 0.29) is 5.69 Å². The third kappa shape index (κ3) is 3.09. The molecule has 0 saturated heterocycles. The molecular formula is C12H13Cl2N5O. The Morgan fingerprint density at radius 2 is 2.20 bits per heavy atom. The average Bonchev–Trinajstić information content (AvgIpc) is 2.88. The van der Waals surface area contributed by atoms with Crippen molar-refractivity contribution >= 4 is 34.8 Å². The van der Waals surface area contributed by atoms with Crippen molar-refractivity contribution in [2.24, 2.45) is 5.73 Å². The molecule has 20 heavy (non-hydrogen) atoms. The maximum atomic E-state index is 12.1. The van der Waals surface area contributed by atoms with Crippen LogP contribution in [0.2, 0.25) is 10.0 Å². The standard InChI is InChI=1S/C12H13Cl2N5O/c1-7-2-3-8(13)11(10(7)14)16-12(20)9-6-19(5-4-15)18-17-9/h2-3,6H,4-5,15H2,1H3,(H,16,20). The van der Waals surface area contributed by atoms with E-state index in [9.17, 15) is 4.79 Å². The van der Waals surface area contributed by atoms with Gasteiger partial charge in [0.2, 0.25) is 0 Å². The summed E-state index contributed by atoms with van der Waals surface area (Å²) in [6.07, 6.45) is 1.51. The van der Waals surface area contributed by atoms with Crippen molar-refractivity contribution in [1.29, 1.82) is 0 Å². The van der Waals surface area contributed by atoms with Crippen molar-refractivity contribution < 1.29 is 4.79 Å². The topological polar surface area (TPSA) is 85.8 Å². The number of carbonyl (C=O) groups excluding carboxylic acids is 1. The van der Waals surface area contributed by atoms with Crippen molar-refractivity contribution in [1.82, 2.24) is 15.0 Å². The van der Waals surface area contributed by atoms with Crippen LogP contribution in [0, 0.1) is 6.92 Å². The fourth-order valence-electron chi connectivity index (χ4n) is 1.59. The predicted octanol–water partition coefficient (Wildman–Crippen LogP) is 2.10. The van der Waals surface area contributed by atoms with Crippen LogP contribution in [0.3, 0.4) is 0 Å². The Hall–Kier alpha value is -1.63. The minimum atomic E-state index is -0.428. The van der Waals surface area contributed by atoms with Crippen LogP contribution in [0.4, 0.5) is 5.69 Å². The molecule has 3 N–H and O–H groups in total. The minimum Gasteiger partial charge on any atom is -0.329 e. The van der Waals surface area contributed by atoms with Crippen LogP contribution >= 0.6 is 23.2 Å². The molecule has 0 fully saturated rings. The van der Waals surface area contributed by atoms with E-state index in [0.29, 0.717) is 28.8 Å². The summed E-state index contributed by atoms with van der Waals surface area (Å²) in [5.74, 6) is -0.428. The van der Waals surface area contributed by atoms with Gasteiger partial charge in [0.05, 0.1) is 28.5 Å². The molecule has 0 aliphatic heterocycles. The predicted molar refractivity (Wildman–Crippen MR) is 78.2 cm³/mol. The van der Waals surface area contributed by atoms with E-state index in [1.54, 1.807) is 12.1 Å². The average molecular weight is 314 g/mol. The van der Waals surface area contributed by atoms with Gasteiger partial charge in [0.15, 0.2) is 5.69 Å². The molecule has 8 heteroatoms. The van der Waals surface area contributed by atoms with Crippen molar-refractivity contribution in [2.45, 2.75) is 13.5 Å². The second-order valence-electron chi connectivity index (χ2n) is 4.16. The normalized spacial score (nSPS) is 10.6. The quantitative estimate of drug-likeness (QED) is 0.905. The van der Waals surface area contributed by atoms with Gasteiger partial charge in [-0.2, -0.15) is 0 Å². The number of benzene rings is 1. The van der Waals surface area contributed by atoms with Crippen LogP contribution in [0.15, 0.2) is 18.3 Å². The second kappa shape index (κ2) is 6.21. The molecule has 0 atom stereocenters. The highest BCUT2D eigenvalue weighted by molar-refractivity contribution is 6.40. The van der Waals surface area contributed by atoms with E-state index >= 15 is 0 Å². The lowest BCUT2D eigenvalue weighted by molar-refractivity contribution is 0.102. The highest BCUT2D eigenvalue weighted by Crippen LogP contribution is 2.33. The van der Waals surface area contributed by atoms with Gasteiger partial charge in [-0.3, -0.25) is 9.48 Å². The van der Waals surface area contributed by atoms with Gasteiger partial charge in [-0.05, 0) is 18.6 Å². The lowest BCUT2D eigenvalue weighted by atomic mass is 10.2. The summed E-state index contributed by atoms with van der Waals surface area (Å²) in [5.41, 5.74) is 6.76. The Labute approximate surface area is 125 Å². The van der Waals surface area contributed by atoms with E-state index in [1.807, 2.05) is 6.92 Å². The van der Waals surface area contributed by atoms with Gasteiger partial charge in [0.25, 0.3) is 5.91 Å². The molecule has 0 saturated carbocycles.